The van der Waals surface area contributed by atoms with Gasteiger partial charge in [-0.2, -0.15) is 0 Å². The number of amides is 1. The fourth-order valence-electron chi connectivity index (χ4n) is 3.18. The van der Waals surface area contributed by atoms with Crippen LogP contribution in [0.5, 0.6) is 0 Å². The van der Waals surface area contributed by atoms with Crippen molar-refractivity contribution in [1.82, 2.24) is 10.2 Å². The Morgan fingerprint density at radius 1 is 1.43 bits per heavy atom. The van der Waals surface area contributed by atoms with Crippen LogP contribution in [0.1, 0.15) is 67.2 Å². The first-order valence-corrected chi connectivity index (χ1v) is 8.88. The van der Waals surface area contributed by atoms with E-state index in [0.717, 1.165) is 6.54 Å². The van der Waals surface area contributed by atoms with Crippen LogP contribution in [-0.2, 0) is 4.74 Å². The molecule has 5 nitrogen and oxygen atoms in total. The van der Waals surface area contributed by atoms with Gasteiger partial charge in [-0.05, 0) is 52.4 Å². The number of ether oxygens (including phenoxy) is 1. The number of hydrogen-bond donors (Lipinski definition) is 2. The summed E-state index contributed by atoms with van der Waals surface area (Å²) in [5.41, 5.74) is -0.116. The van der Waals surface area contributed by atoms with E-state index in [-0.39, 0.29) is 6.09 Å². The highest BCUT2D eigenvalue weighted by molar-refractivity contribution is 5.68. The van der Waals surface area contributed by atoms with Crippen LogP contribution >= 0.6 is 0 Å². The van der Waals surface area contributed by atoms with Crippen LogP contribution in [-0.4, -0.2) is 53.5 Å². The normalized spacial score (nSPS) is 22.5. The summed E-state index contributed by atoms with van der Waals surface area (Å²) in [5.74, 6) is 0. The third-order valence-corrected chi connectivity index (χ3v) is 4.16. The molecule has 0 radical (unpaired) electrons. The minimum Gasteiger partial charge on any atom is -0.444 e. The van der Waals surface area contributed by atoms with Gasteiger partial charge in [0.2, 0.25) is 0 Å². The summed E-state index contributed by atoms with van der Waals surface area (Å²) in [5, 5.41) is 13.2. The molecule has 2 N–H and O–H groups in total. The van der Waals surface area contributed by atoms with Crippen molar-refractivity contribution in [3.05, 3.63) is 0 Å². The van der Waals surface area contributed by atoms with Crippen molar-refractivity contribution < 1.29 is 14.6 Å². The van der Waals surface area contributed by atoms with Gasteiger partial charge in [0.25, 0.3) is 0 Å². The minimum absolute atomic E-state index is 0.298. The maximum atomic E-state index is 12.2. The molecule has 1 rings (SSSR count). The number of aliphatic hydroxyl groups excluding tert-OH is 1. The molecule has 0 aromatic rings. The molecule has 0 aliphatic heterocycles. The lowest BCUT2D eigenvalue weighted by atomic mass is 9.75. The number of aliphatic hydroxyl groups is 1. The quantitative estimate of drug-likeness (QED) is 0.786. The third kappa shape index (κ3) is 8.56. The SMILES string of the molecule is CC(O)CN(CCNC1CCCC(C)(C)C1)C(=O)OC(C)(C)C. The molecule has 0 saturated heterocycles. The predicted octanol–water partition coefficient (Wildman–Crippen LogP) is 3.16. The maximum absolute atomic E-state index is 12.2. The molecule has 1 aliphatic carbocycles. The Bertz CT molecular complexity index is 375. The molecular formula is C18H36N2O3. The van der Waals surface area contributed by atoms with Crippen LogP contribution in [0.3, 0.4) is 0 Å². The van der Waals surface area contributed by atoms with Crippen LogP contribution in [0.4, 0.5) is 4.79 Å². The van der Waals surface area contributed by atoms with E-state index in [4.69, 9.17) is 4.74 Å². The van der Waals surface area contributed by atoms with Gasteiger partial charge in [-0.3, -0.25) is 0 Å². The first kappa shape index (κ1) is 20.2. The zero-order chi connectivity index (χ0) is 17.7. The molecule has 0 heterocycles. The molecule has 23 heavy (non-hydrogen) atoms. The van der Waals surface area contributed by atoms with E-state index in [1.807, 2.05) is 20.8 Å². The number of nitrogens with one attached hydrogen (secondary N) is 1. The summed E-state index contributed by atoms with van der Waals surface area (Å²) >= 11 is 0. The lowest BCUT2D eigenvalue weighted by Crippen LogP contribution is -2.46. The van der Waals surface area contributed by atoms with Crippen LogP contribution in [0.2, 0.25) is 0 Å². The van der Waals surface area contributed by atoms with E-state index in [1.54, 1.807) is 11.8 Å². The topological polar surface area (TPSA) is 61.8 Å². The highest BCUT2D eigenvalue weighted by Gasteiger charge is 2.28. The number of carbonyl (C=O) groups excluding carboxylic acids is 1. The van der Waals surface area contributed by atoms with Gasteiger partial charge in [-0.25, -0.2) is 4.79 Å². The molecule has 2 atom stereocenters. The van der Waals surface area contributed by atoms with E-state index in [2.05, 4.69) is 19.2 Å². The molecule has 1 saturated carbocycles. The Hall–Kier alpha value is -0.810. The molecule has 136 valence electrons. The van der Waals surface area contributed by atoms with Crippen LogP contribution in [0.25, 0.3) is 0 Å². The van der Waals surface area contributed by atoms with Gasteiger partial charge in [0.1, 0.15) is 5.60 Å². The van der Waals surface area contributed by atoms with E-state index in [1.165, 1.54) is 25.7 Å². The second-order valence-electron chi connectivity index (χ2n) is 8.69. The maximum Gasteiger partial charge on any atom is 0.410 e. The zero-order valence-electron chi connectivity index (χ0n) is 15.8. The van der Waals surface area contributed by atoms with E-state index < -0.39 is 11.7 Å². The van der Waals surface area contributed by atoms with Crippen LogP contribution in [0.15, 0.2) is 0 Å². The van der Waals surface area contributed by atoms with Crippen molar-refractivity contribution in [3.63, 3.8) is 0 Å². The number of carbonyl (C=O) groups is 1. The highest BCUT2D eigenvalue weighted by atomic mass is 16.6. The zero-order valence-corrected chi connectivity index (χ0v) is 15.8. The molecule has 1 fully saturated rings. The first-order chi connectivity index (χ1) is 10.5. The summed E-state index contributed by atoms with van der Waals surface area (Å²) in [4.78, 5) is 13.8. The standard InChI is InChI=1S/C18H36N2O3/c1-14(21)13-20(16(22)23-17(2,3)4)11-10-19-15-8-7-9-18(5,6)12-15/h14-15,19,21H,7-13H2,1-6H3. The Morgan fingerprint density at radius 3 is 2.61 bits per heavy atom. The average molecular weight is 328 g/mol. The van der Waals surface area contributed by atoms with Crippen molar-refractivity contribution in [3.8, 4) is 0 Å². The average Bonchev–Trinajstić information content (AvgIpc) is 2.33. The summed E-state index contributed by atoms with van der Waals surface area (Å²) in [6.45, 7) is 13.5. The minimum atomic E-state index is -0.559. The largest absolute Gasteiger partial charge is 0.444 e. The molecule has 2 unspecified atom stereocenters. The lowest BCUT2D eigenvalue weighted by molar-refractivity contribution is 0.0161. The Morgan fingerprint density at radius 2 is 2.09 bits per heavy atom. The van der Waals surface area contributed by atoms with Gasteiger partial charge >= 0.3 is 6.09 Å². The molecule has 0 bridgehead atoms. The second-order valence-corrected chi connectivity index (χ2v) is 8.69. The van der Waals surface area contributed by atoms with E-state index in [0.29, 0.717) is 24.5 Å². The third-order valence-electron chi connectivity index (χ3n) is 4.16. The fourth-order valence-corrected chi connectivity index (χ4v) is 3.18. The smallest absolute Gasteiger partial charge is 0.410 e. The van der Waals surface area contributed by atoms with Gasteiger partial charge in [-0.15, -0.1) is 0 Å². The van der Waals surface area contributed by atoms with Crippen molar-refractivity contribution >= 4 is 6.09 Å². The van der Waals surface area contributed by atoms with Crippen molar-refractivity contribution in [1.29, 1.82) is 0 Å². The number of rotatable bonds is 6. The second kappa shape index (κ2) is 8.34. The lowest BCUT2D eigenvalue weighted by Gasteiger charge is -2.36. The van der Waals surface area contributed by atoms with Gasteiger partial charge < -0.3 is 20.1 Å². The van der Waals surface area contributed by atoms with Crippen molar-refractivity contribution in [2.45, 2.75) is 85.0 Å². The Balaban J connectivity index is 2.46. The number of hydrogen-bond acceptors (Lipinski definition) is 4. The number of nitrogens with zero attached hydrogens (tertiary/aromatic N) is 1. The summed E-state index contributed by atoms with van der Waals surface area (Å²) in [7, 11) is 0. The summed E-state index contributed by atoms with van der Waals surface area (Å²) in [6.07, 6.45) is 4.01. The van der Waals surface area contributed by atoms with Crippen molar-refractivity contribution in [2.24, 2.45) is 5.41 Å². The van der Waals surface area contributed by atoms with Gasteiger partial charge in [0.15, 0.2) is 0 Å². The van der Waals surface area contributed by atoms with Crippen LogP contribution < -0.4 is 5.32 Å². The Labute approximate surface area is 141 Å². The summed E-state index contributed by atoms with van der Waals surface area (Å²) < 4.78 is 5.42. The van der Waals surface area contributed by atoms with Gasteiger partial charge in [-0.1, -0.05) is 20.3 Å². The molecule has 0 spiro atoms. The molecule has 1 amide bonds. The molecule has 0 aromatic heterocycles. The van der Waals surface area contributed by atoms with Gasteiger partial charge in [0, 0.05) is 25.7 Å². The summed E-state index contributed by atoms with van der Waals surface area (Å²) in [6, 6.07) is 0.519. The van der Waals surface area contributed by atoms with Gasteiger partial charge in [0.05, 0.1) is 6.10 Å². The molecule has 1 aliphatic rings. The van der Waals surface area contributed by atoms with E-state index in [9.17, 15) is 9.90 Å². The Kier molecular flexibility index (Phi) is 7.33. The molecule has 0 aromatic carbocycles. The first-order valence-electron chi connectivity index (χ1n) is 8.88. The molecule has 5 heteroatoms. The monoisotopic (exact) mass is 328 g/mol. The highest BCUT2D eigenvalue weighted by Crippen LogP contribution is 2.34. The van der Waals surface area contributed by atoms with Crippen molar-refractivity contribution in [2.75, 3.05) is 19.6 Å². The predicted molar refractivity (Wildman–Crippen MR) is 93.5 cm³/mol. The van der Waals surface area contributed by atoms with Crippen LogP contribution in [0, 0.1) is 5.41 Å². The van der Waals surface area contributed by atoms with E-state index >= 15 is 0 Å². The molecular weight excluding hydrogens is 292 g/mol. The fraction of sp³-hybridized carbons (Fsp3) is 0.944.